The van der Waals surface area contributed by atoms with Gasteiger partial charge in [-0.1, -0.05) is 54.1 Å². The maximum absolute atomic E-state index is 12.8. The van der Waals surface area contributed by atoms with Crippen molar-refractivity contribution in [1.29, 1.82) is 0 Å². The molecule has 0 fully saturated rings. The van der Waals surface area contributed by atoms with Crippen LogP contribution >= 0.6 is 0 Å². The molecule has 1 atom stereocenters. The first kappa shape index (κ1) is 23.4. The molecule has 4 aromatic rings. The summed E-state index contributed by atoms with van der Waals surface area (Å²) in [6.07, 6.45) is 3.44. The first-order valence-corrected chi connectivity index (χ1v) is 11.7. The number of allylic oxidation sites excluding steroid dienone is 1. The van der Waals surface area contributed by atoms with Crippen molar-refractivity contribution in [3.8, 4) is 16.9 Å². The third kappa shape index (κ3) is 4.91. The average Bonchev–Trinajstić information content (AvgIpc) is 3.21. The Hall–Kier alpha value is -3.79. The second-order valence-corrected chi connectivity index (χ2v) is 8.71. The molecule has 0 aliphatic rings. The van der Waals surface area contributed by atoms with Crippen LogP contribution in [-0.2, 0) is 4.79 Å². The molecule has 1 amide bonds. The Labute approximate surface area is 201 Å². The lowest BCUT2D eigenvalue weighted by atomic mass is 9.96. The van der Waals surface area contributed by atoms with Crippen LogP contribution in [0.25, 0.3) is 27.7 Å². The van der Waals surface area contributed by atoms with Gasteiger partial charge in [0.1, 0.15) is 11.3 Å². The zero-order valence-electron chi connectivity index (χ0n) is 20.4. The highest BCUT2D eigenvalue weighted by molar-refractivity contribution is 6.00. The Kier molecular flexibility index (Phi) is 6.87. The summed E-state index contributed by atoms with van der Waals surface area (Å²) in [7, 11) is 0. The van der Waals surface area contributed by atoms with Crippen molar-refractivity contribution in [3.63, 3.8) is 0 Å². The lowest BCUT2D eigenvalue weighted by molar-refractivity contribution is -0.117. The fourth-order valence-electron chi connectivity index (χ4n) is 4.32. The molecule has 4 heteroatoms. The van der Waals surface area contributed by atoms with Crippen molar-refractivity contribution >= 4 is 22.4 Å². The number of hydrogen-bond donors (Lipinski definition) is 1. The molecule has 4 rings (SSSR count). The summed E-state index contributed by atoms with van der Waals surface area (Å²) in [5, 5.41) is 4.05. The topological polar surface area (TPSA) is 51.5 Å². The molecule has 0 spiro atoms. The monoisotopic (exact) mass is 453 g/mol. The van der Waals surface area contributed by atoms with E-state index in [9.17, 15) is 4.79 Å². The zero-order valence-corrected chi connectivity index (χ0v) is 20.4. The molecule has 1 heterocycles. The van der Waals surface area contributed by atoms with Crippen LogP contribution in [0.1, 0.15) is 49.1 Å². The largest absolute Gasteiger partial charge is 0.493 e. The first-order chi connectivity index (χ1) is 16.4. The van der Waals surface area contributed by atoms with E-state index in [1.54, 1.807) is 12.3 Å². The van der Waals surface area contributed by atoms with Gasteiger partial charge in [0.05, 0.1) is 18.9 Å². The molecule has 34 heavy (non-hydrogen) atoms. The molecule has 3 aromatic carbocycles. The summed E-state index contributed by atoms with van der Waals surface area (Å²) in [5.74, 6) is 0.562. The third-order valence-electron chi connectivity index (χ3n) is 6.08. The molecule has 0 bridgehead atoms. The highest BCUT2D eigenvalue weighted by Crippen LogP contribution is 2.38. The minimum absolute atomic E-state index is 0.0865. The molecule has 0 aliphatic heterocycles. The fraction of sp³-hybridized carbons (Fsp3) is 0.233. The lowest BCUT2D eigenvalue weighted by Crippen LogP contribution is -2.24. The van der Waals surface area contributed by atoms with E-state index in [0.717, 1.165) is 38.8 Å². The molecule has 0 aliphatic carbocycles. The number of rotatable bonds is 7. The van der Waals surface area contributed by atoms with Gasteiger partial charge in [0.25, 0.3) is 0 Å². The van der Waals surface area contributed by atoms with E-state index in [0.29, 0.717) is 12.4 Å². The smallest absolute Gasteiger partial charge is 0.244 e. The number of hydrogen-bond acceptors (Lipinski definition) is 3. The predicted octanol–water partition coefficient (Wildman–Crippen LogP) is 7.40. The number of ether oxygens (including phenoxy) is 1. The van der Waals surface area contributed by atoms with Crippen LogP contribution < -0.4 is 10.1 Å². The normalized spacial score (nSPS) is 12.6. The van der Waals surface area contributed by atoms with E-state index in [-0.39, 0.29) is 11.9 Å². The van der Waals surface area contributed by atoms with Gasteiger partial charge < -0.3 is 14.5 Å². The Morgan fingerprint density at radius 2 is 1.82 bits per heavy atom. The number of carbonyl (C=O) groups excluding carboxylic acids is 1. The van der Waals surface area contributed by atoms with Crippen molar-refractivity contribution in [3.05, 3.63) is 95.3 Å². The van der Waals surface area contributed by atoms with Gasteiger partial charge in [-0.05, 0) is 62.9 Å². The van der Waals surface area contributed by atoms with Crippen LogP contribution in [0.3, 0.4) is 0 Å². The van der Waals surface area contributed by atoms with E-state index in [1.165, 1.54) is 11.1 Å². The highest BCUT2D eigenvalue weighted by atomic mass is 16.5. The Bertz CT molecular complexity index is 1350. The van der Waals surface area contributed by atoms with Crippen LogP contribution in [0.5, 0.6) is 5.75 Å². The number of aryl methyl sites for hydroxylation is 2. The summed E-state index contributed by atoms with van der Waals surface area (Å²) in [4.78, 5) is 12.8. The predicted molar refractivity (Wildman–Crippen MR) is 139 cm³/mol. The lowest BCUT2D eigenvalue weighted by Gasteiger charge is -2.14. The molecule has 1 aromatic heterocycles. The van der Waals surface area contributed by atoms with Gasteiger partial charge in [-0.15, -0.1) is 0 Å². The van der Waals surface area contributed by atoms with E-state index in [4.69, 9.17) is 9.15 Å². The van der Waals surface area contributed by atoms with E-state index in [2.05, 4.69) is 43.4 Å². The number of amides is 1. The number of nitrogens with one attached hydrogen (secondary N) is 1. The minimum atomic E-state index is -0.141. The van der Waals surface area contributed by atoms with E-state index in [1.807, 2.05) is 57.2 Å². The minimum Gasteiger partial charge on any atom is -0.493 e. The van der Waals surface area contributed by atoms with E-state index < -0.39 is 0 Å². The highest BCUT2D eigenvalue weighted by Gasteiger charge is 2.17. The molecule has 0 saturated carbocycles. The summed E-state index contributed by atoms with van der Waals surface area (Å²) in [6.45, 7) is 10.6. The van der Waals surface area contributed by atoms with Crippen LogP contribution in [0.2, 0.25) is 0 Å². The molecule has 4 nitrogen and oxygen atoms in total. The Balaban J connectivity index is 1.71. The quantitative estimate of drug-likeness (QED) is 0.297. The van der Waals surface area contributed by atoms with Gasteiger partial charge >= 0.3 is 0 Å². The van der Waals surface area contributed by atoms with Crippen molar-refractivity contribution < 1.29 is 13.9 Å². The summed E-state index contributed by atoms with van der Waals surface area (Å²) in [6, 6.07) is 20.3. The van der Waals surface area contributed by atoms with Crippen molar-refractivity contribution in [2.24, 2.45) is 0 Å². The number of furan rings is 1. The van der Waals surface area contributed by atoms with Gasteiger partial charge in [0.15, 0.2) is 0 Å². The summed E-state index contributed by atoms with van der Waals surface area (Å²) in [5.41, 5.74) is 8.12. The Morgan fingerprint density at radius 1 is 1.06 bits per heavy atom. The maximum atomic E-state index is 12.8. The van der Waals surface area contributed by atoms with Gasteiger partial charge in [0, 0.05) is 28.7 Å². The average molecular weight is 454 g/mol. The number of fused-ring (bicyclic) bond motifs is 1. The van der Waals surface area contributed by atoms with Gasteiger partial charge in [-0.25, -0.2) is 0 Å². The van der Waals surface area contributed by atoms with Gasteiger partial charge in [0.2, 0.25) is 5.91 Å². The van der Waals surface area contributed by atoms with Crippen LogP contribution in [-0.4, -0.2) is 12.5 Å². The molecule has 1 N–H and O–H groups in total. The standard InChI is InChI=1S/C30H31NO3/c1-6-33-28-17-29-26(27(18-34-29)24-13-12-19(2)14-20(24)3)16-25(28)21(4)15-30(32)31-22(5)23-10-8-7-9-11-23/h7-18,22H,6H2,1-5H3,(H,31,32)/b21-15+. The molecule has 174 valence electrons. The van der Waals surface area contributed by atoms with E-state index >= 15 is 0 Å². The van der Waals surface area contributed by atoms with Crippen LogP contribution in [0.15, 0.2) is 77.4 Å². The molecular weight excluding hydrogens is 422 g/mol. The zero-order chi connectivity index (χ0) is 24.2. The van der Waals surface area contributed by atoms with Crippen molar-refractivity contribution in [1.82, 2.24) is 5.32 Å². The molecule has 0 radical (unpaired) electrons. The molecule has 0 saturated heterocycles. The fourth-order valence-corrected chi connectivity index (χ4v) is 4.32. The number of benzene rings is 3. The van der Waals surface area contributed by atoms with Crippen molar-refractivity contribution in [2.45, 2.75) is 40.7 Å². The Morgan fingerprint density at radius 3 is 2.53 bits per heavy atom. The summed E-state index contributed by atoms with van der Waals surface area (Å²) >= 11 is 0. The second kappa shape index (κ2) is 10.0. The summed E-state index contributed by atoms with van der Waals surface area (Å²) < 4.78 is 11.8. The van der Waals surface area contributed by atoms with Crippen molar-refractivity contribution in [2.75, 3.05) is 6.61 Å². The van der Waals surface area contributed by atoms with Crippen LogP contribution in [0.4, 0.5) is 0 Å². The first-order valence-electron chi connectivity index (χ1n) is 11.7. The maximum Gasteiger partial charge on any atom is 0.244 e. The third-order valence-corrected chi connectivity index (χ3v) is 6.08. The second-order valence-electron chi connectivity index (χ2n) is 8.71. The van der Waals surface area contributed by atoms with Crippen LogP contribution in [0, 0.1) is 13.8 Å². The van der Waals surface area contributed by atoms with Gasteiger partial charge in [-0.2, -0.15) is 0 Å². The molecule has 1 unspecified atom stereocenters. The van der Waals surface area contributed by atoms with Gasteiger partial charge in [-0.3, -0.25) is 4.79 Å². The molecular formula is C30H31NO3. The number of carbonyl (C=O) groups is 1. The SMILES string of the molecule is CCOc1cc2occ(-c3ccc(C)cc3C)c2cc1/C(C)=C/C(=O)NC(C)c1ccccc1.